The number of carbonyl (C=O) groups is 3. The number of fused-ring (bicyclic) bond motifs is 3. The molecule has 8 rings (SSSR count). The van der Waals surface area contributed by atoms with Crippen molar-refractivity contribution in [1.29, 1.82) is 0 Å². The number of aliphatic hydroxyl groups excluding tert-OH is 1. The van der Waals surface area contributed by atoms with E-state index in [9.17, 15) is 24.6 Å². The molecule has 340 valence electrons. The van der Waals surface area contributed by atoms with Crippen molar-refractivity contribution >= 4 is 23.8 Å². The third-order valence-corrected chi connectivity index (χ3v) is 15.0. The molecule has 63 heavy (non-hydrogen) atoms. The van der Waals surface area contributed by atoms with Crippen LogP contribution in [0.25, 0.3) is 6.08 Å². The lowest BCUT2D eigenvalue weighted by Crippen LogP contribution is -2.76. The van der Waals surface area contributed by atoms with Crippen molar-refractivity contribution in [2.45, 2.75) is 170 Å². The summed E-state index contributed by atoms with van der Waals surface area (Å²) in [6, 6.07) is 18.4. The number of benzene rings is 2. The lowest BCUT2D eigenvalue weighted by Gasteiger charge is -2.61. The Morgan fingerprint density at radius 1 is 0.841 bits per heavy atom. The van der Waals surface area contributed by atoms with E-state index >= 15 is 0 Å². The van der Waals surface area contributed by atoms with Crippen molar-refractivity contribution in [2.75, 3.05) is 6.61 Å². The van der Waals surface area contributed by atoms with Crippen LogP contribution in [0.1, 0.15) is 129 Å². The van der Waals surface area contributed by atoms with Gasteiger partial charge in [-0.1, -0.05) is 164 Å². The first-order valence-corrected chi connectivity index (χ1v) is 23.5. The average molecular weight is 867 g/mol. The number of ether oxygens (including phenoxy) is 6. The molecule has 2 saturated carbocycles. The summed E-state index contributed by atoms with van der Waals surface area (Å²) in [6.07, 6.45) is 15.3. The van der Waals surface area contributed by atoms with Crippen LogP contribution in [0.5, 0.6) is 0 Å². The van der Waals surface area contributed by atoms with Gasteiger partial charge in [0.05, 0.1) is 5.60 Å². The number of ketones is 1. The van der Waals surface area contributed by atoms with Crippen LogP contribution in [0.4, 0.5) is 0 Å². The lowest BCUT2D eigenvalue weighted by atomic mass is 9.53. The highest BCUT2D eigenvalue weighted by molar-refractivity contribution is 6.05. The number of aliphatic hydroxyl groups is 2. The molecular weight excluding hydrogens is 801 g/mol. The Balaban J connectivity index is 1.05. The van der Waals surface area contributed by atoms with Gasteiger partial charge in [0.1, 0.15) is 31.0 Å². The molecule has 11 heteroatoms. The Morgan fingerprint density at radius 2 is 1.44 bits per heavy atom. The molecule has 2 N–H and O–H groups in total. The van der Waals surface area contributed by atoms with Gasteiger partial charge in [-0.15, -0.1) is 0 Å². The molecule has 0 unspecified atom stereocenters. The SMILES string of the molecule is C=C(C)[C@@]12O[C@@]3(c4ccccc4)O[C@@H]1[C@@H]1[C@@H]4O[C@]4(COC(=O)CCCCCCCCCCCCCCC)[C@@H](O)[C@]4(O)C(=O)C(C)=C[C@H]4[C@@]1(O3)[C@H](C)[C@H]2OC(=O)C=Cc1ccccc1. The van der Waals surface area contributed by atoms with Gasteiger partial charge in [-0.05, 0) is 43.1 Å². The number of esters is 2. The molecule has 3 bridgehead atoms. The number of carbonyl (C=O) groups excluding carboxylic acids is 3. The Bertz CT molecular complexity index is 2070. The van der Waals surface area contributed by atoms with Crippen LogP contribution in [0.15, 0.2) is 90.5 Å². The molecule has 6 aliphatic rings. The Hall–Kier alpha value is -3.97. The summed E-state index contributed by atoms with van der Waals surface area (Å²) in [4.78, 5) is 41.6. The minimum atomic E-state index is -2.48. The molecule has 5 fully saturated rings. The van der Waals surface area contributed by atoms with Crippen molar-refractivity contribution in [1.82, 2.24) is 0 Å². The highest BCUT2D eigenvalue weighted by Gasteiger charge is 2.91. The monoisotopic (exact) mass is 866 g/mol. The van der Waals surface area contributed by atoms with Crippen LogP contribution < -0.4 is 0 Å². The van der Waals surface area contributed by atoms with Crippen molar-refractivity contribution in [3.8, 4) is 0 Å². The summed E-state index contributed by atoms with van der Waals surface area (Å²) in [5.41, 5.74) is -5.31. The van der Waals surface area contributed by atoms with E-state index in [1.54, 1.807) is 38.1 Å². The fourth-order valence-electron chi connectivity index (χ4n) is 11.7. The number of hydrogen-bond donors (Lipinski definition) is 2. The highest BCUT2D eigenvalue weighted by atomic mass is 16.9. The maximum absolute atomic E-state index is 14.4. The minimum absolute atomic E-state index is 0.193. The average Bonchev–Trinajstić information content (AvgIpc) is 3.89. The van der Waals surface area contributed by atoms with Gasteiger partial charge in [0.15, 0.2) is 22.6 Å². The van der Waals surface area contributed by atoms with Crippen molar-refractivity contribution in [3.63, 3.8) is 0 Å². The predicted octanol–water partition coefficient (Wildman–Crippen LogP) is 8.60. The second kappa shape index (κ2) is 18.1. The van der Waals surface area contributed by atoms with Gasteiger partial charge in [0, 0.05) is 35.8 Å². The first kappa shape index (κ1) is 45.6. The molecule has 3 heterocycles. The van der Waals surface area contributed by atoms with Gasteiger partial charge in [-0.25, -0.2) is 4.79 Å². The smallest absolute Gasteiger partial charge is 0.331 e. The van der Waals surface area contributed by atoms with Gasteiger partial charge < -0.3 is 38.6 Å². The third kappa shape index (κ3) is 7.68. The quantitative estimate of drug-likeness (QED) is 0.0408. The van der Waals surface area contributed by atoms with Gasteiger partial charge >= 0.3 is 17.9 Å². The zero-order valence-electron chi connectivity index (χ0n) is 37.4. The van der Waals surface area contributed by atoms with E-state index in [0.29, 0.717) is 17.6 Å². The predicted molar refractivity (Wildman–Crippen MR) is 236 cm³/mol. The van der Waals surface area contributed by atoms with E-state index in [1.807, 2.05) is 55.5 Å². The number of hydrogen-bond acceptors (Lipinski definition) is 11. The van der Waals surface area contributed by atoms with Gasteiger partial charge in [0.25, 0.3) is 0 Å². The second-order valence-corrected chi connectivity index (χ2v) is 19.0. The number of Topliss-reactive ketones (excluding diaryl/α,β-unsaturated/α-hetero) is 1. The first-order valence-electron chi connectivity index (χ1n) is 23.5. The maximum atomic E-state index is 14.4. The summed E-state index contributed by atoms with van der Waals surface area (Å²) in [5.74, 6) is -6.56. The van der Waals surface area contributed by atoms with E-state index in [2.05, 4.69) is 13.5 Å². The maximum Gasteiger partial charge on any atom is 0.331 e. The molecule has 0 radical (unpaired) electrons. The van der Waals surface area contributed by atoms with E-state index in [-0.39, 0.29) is 12.0 Å². The fraction of sp³-hybridized carbons (Fsp3) is 0.596. The van der Waals surface area contributed by atoms with Gasteiger partial charge in [-0.3, -0.25) is 9.59 Å². The van der Waals surface area contributed by atoms with Gasteiger partial charge in [-0.2, -0.15) is 0 Å². The number of rotatable bonds is 21. The molecule has 2 aromatic rings. The summed E-state index contributed by atoms with van der Waals surface area (Å²) < 4.78 is 40.3. The zero-order valence-corrected chi connectivity index (χ0v) is 37.4. The van der Waals surface area contributed by atoms with E-state index < -0.39 is 94.9 Å². The molecular formula is C52H66O11. The molecule has 3 aliphatic carbocycles. The van der Waals surface area contributed by atoms with Crippen LogP contribution in [0.3, 0.4) is 0 Å². The normalized spacial score (nSPS) is 36.9. The highest BCUT2D eigenvalue weighted by Crippen LogP contribution is 2.74. The largest absolute Gasteiger partial charge is 0.462 e. The van der Waals surface area contributed by atoms with Crippen molar-refractivity contribution in [2.24, 2.45) is 17.8 Å². The molecule has 3 aliphatic heterocycles. The lowest BCUT2D eigenvalue weighted by molar-refractivity contribution is -0.440. The molecule has 0 amide bonds. The van der Waals surface area contributed by atoms with Crippen LogP contribution >= 0.6 is 0 Å². The van der Waals surface area contributed by atoms with Crippen LogP contribution in [-0.4, -0.2) is 81.4 Å². The molecule has 3 saturated heterocycles. The molecule has 0 aromatic heterocycles. The summed E-state index contributed by atoms with van der Waals surface area (Å²) in [5, 5.41) is 25.5. The molecule has 0 spiro atoms. The second-order valence-electron chi connectivity index (χ2n) is 19.0. The Morgan fingerprint density at radius 3 is 2.06 bits per heavy atom. The summed E-state index contributed by atoms with van der Waals surface area (Å²) >= 11 is 0. The first-order chi connectivity index (χ1) is 30.3. The van der Waals surface area contributed by atoms with E-state index in [4.69, 9.17) is 28.4 Å². The molecule has 2 aromatic carbocycles. The van der Waals surface area contributed by atoms with Crippen LogP contribution in [0, 0.1) is 17.8 Å². The standard InChI is InChI=1S/C52H66O11/c1-6-7-8-9-10-11-12-13-14-15-16-17-24-29-40(53)58-33-48-45(60-48)42-46-50(34(2)3)44(59-41(54)31-30-37-25-20-18-21-26-37)36(5)51(42,39-32-35(4)43(55)49(39,57)47(48)56)63-52(61-46,62-50)38-27-22-19-23-28-38/h18-23,25-28,30-32,36,39,42,44-47,56-57H,2,6-17,24,29,33H2,1,3-5H3/t36-,39-,42+,44-,45+,46-,47-,48+,49-,50+,51+,52-/m1/s1. The van der Waals surface area contributed by atoms with E-state index in [0.717, 1.165) is 24.8 Å². The molecule has 11 nitrogen and oxygen atoms in total. The third-order valence-electron chi connectivity index (χ3n) is 15.0. The summed E-state index contributed by atoms with van der Waals surface area (Å²) in [7, 11) is 0. The Kier molecular flexibility index (Phi) is 13.1. The van der Waals surface area contributed by atoms with Crippen molar-refractivity contribution < 1.29 is 53.0 Å². The number of epoxide rings is 1. The van der Waals surface area contributed by atoms with Crippen LogP contribution in [-0.2, 0) is 48.8 Å². The zero-order chi connectivity index (χ0) is 44.6. The Labute approximate surface area is 372 Å². The minimum Gasteiger partial charge on any atom is -0.462 e. The fourth-order valence-corrected chi connectivity index (χ4v) is 11.7. The summed E-state index contributed by atoms with van der Waals surface area (Å²) in [6.45, 7) is 11.5. The number of unbranched alkanes of at least 4 members (excludes halogenated alkanes) is 12. The van der Waals surface area contributed by atoms with E-state index in [1.165, 1.54) is 63.9 Å². The van der Waals surface area contributed by atoms with Crippen molar-refractivity contribution in [3.05, 3.63) is 102 Å². The van der Waals surface area contributed by atoms with Gasteiger partial charge in [0.2, 0.25) is 0 Å². The topological polar surface area (TPSA) is 150 Å². The van der Waals surface area contributed by atoms with Crippen LogP contribution in [0.2, 0.25) is 0 Å². The molecule has 12 atom stereocenters.